The maximum atomic E-state index is 5.34. The average molecular weight is 243 g/mol. The van der Waals surface area contributed by atoms with Gasteiger partial charge < -0.3 is 15.6 Å². The molecule has 18 heavy (non-hydrogen) atoms. The number of nitrogens with two attached hydrogens (primary N) is 1. The zero-order valence-electron chi connectivity index (χ0n) is 10.5. The molecule has 0 aliphatic carbocycles. The number of hydrazine groups is 1. The number of nitrogens with one attached hydrogen (secondary N) is 2. The van der Waals surface area contributed by atoms with Gasteiger partial charge in [0.2, 0.25) is 0 Å². The molecule has 1 aromatic carbocycles. The Labute approximate surface area is 107 Å². The molecule has 1 aromatic heterocycles. The zero-order chi connectivity index (χ0) is 13.0. The summed E-state index contributed by atoms with van der Waals surface area (Å²) in [5, 5.41) is 3.35. The Hall–Kier alpha value is -2.27. The third kappa shape index (κ3) is 2.70. The van der Waals surface area contributed by atoms with Crippen LogP contribution in [0.2, 0.25) is 0 Å². The Balaban J connectivity index is 2.28. The quantitative estimate of drug-likeness (QED) is 0.567. The van der Waals surface area contributed by atoms with Crippen molar-refractivity contribution in [2.75, 3.05) is 29.7 Å². The van der Waals surface area contributed by atoms with Crippen LogP contribution in [0.3, 0.4) is 0 Å². The number of hydrogen-bond donors (Lipinski definition) is 3. The lowest BCUT2D eigenvalue weighted by molar-refractivity contribution is 1.13. The highest BCUT2D eigenvalue weighted by Gasteiger charge is 2.04. The largest absolute Gasteiger partial charge is 0.376 e. The summed E-state index contributed by atoms with van der Waals surface area (Å²) in [7, 11) is 4.03. The van der Waals surface area contributed by atoms with Crippen molar-refractivity contribution in [3.05, 3.63) is 42.6 Å². The van der Waals surface area contributed by atoms with Crippen molar-refractivity contribution >= 4 is 22.9 Å². The molecule has 4 N–H and O–H groups in total. The second kappa shape index (κ2) is 5.37. The first kappa shape index (κ1) is 12.2. The van der Waals surface area contributed by atoms with Crippen LogP contribution in [-0.2, 0) is 0 Å². The average Bonchev–Trinajstić information content (AvgIpc) is 2.39. The molecule has 0 atom stereocenters. The summed E-state index contributed by atoms with van der Waals surface area (Å²) in [6.45, 7) is 0. The number of pyridine rings is 1. The van der Waals surface area contributed by atoms with E-state index in [1.54, 1.807) is 6.20 Å². The van der Waals surface area contributed by atoms with Crippen molar-refractivity contribution in [3.8, 4) is 0 Å². The number of hydrogen-bond acceptors (Lipinski definition) is 5. The minimum absolute atomic E-state index is 0.627. The first-order chi connectivity index (χ1) is 8.70. The SMILES string of the molecule is CN(C)c1ccccc1Nc1ccnc(NN)c1. The van der Waals surface area contributed by atoms with Crippen LogP contribution in [0.5, 0.6) is 0 Å². The smallest absolute Gasteiger partial charge is 0.141 e. The van der Waals surface area contributed by atoms with Crippen LogP contribution in [-0.4, -0.2) is 19.1 Å². The number of para-hydroxylation sites is 2. The molecule has 0 amide bonds. The van der Waals surface area contributed by atoms with E-state index in [2.05, 4.69) is 26.7 Å². The molecule has 0 saturated carbocycles. The topological polar surface area (TPSA) is 66.2 Å². The highest BCUT2D eigenvalue weighted by atomic mass is 15.2. The second-order valence-electron chi connectivity index (χ2n) is 4.11. The van der Waals surface area contributed by atoms with E-state index < -0.39 is 0 Å². The summed E-state index contributed by atoms with van der Waals surface area (Å²) in [5.74, 6) is 5.97. The minimum atomic E-state index is 0.627. The number of nitrogens with zero attached hydrogens (tertiary/aromatic N) is 2. The van der Waals surface area contributed by atoms with Crippen molar-refractivity contribution in [2.45, 2.75) is 0 Å². The van der Waals surface area contributed by atoms with E-state index in [0.29, 0.717) is 5.82 Å². The van der Waals surface area contributed by atoms with Gasteiger partial charge >= 0.3 is 0 Å². The molecule has 0 fully saturated rings. The highest BCUT2D eigenvalue weighted by molar-refractivity contribution is 5.75. The lowest BCUT2D eigenvalue weighted by Crippen LogP contribution is -2.11. The minimum Gasteiger partial charge on any atom is -0.376 e. The van der Waals surface area contributed by atoms with Crippen LogP contribution in [0.25, 0.3) is 0 Å². The van der Waals surface area contributed by atoms with E-state index in [-0.39, 0.29) is 0 Å². The summed E-state index contributed by atoms with van der Waals surface area (Å²) >= 11 is 0. The Morgan fingerprint density at radius 2 is 1.94 bits per heavy atom. The number of benzene rings is 1. The van der Waals surface area contributed by atoms with Gasteiger partial charge in [0.15, 0.2) is 0 Å². The lowest BCUT2D eigenvalue weighted by Gasteiger charge is -2.18. The van der Waals surface area contributed by atoms with Gasteiger partial charge in [0.1, 0.15) is 5.82 Å². The maximum absolute atomic E-state index is 5.34. The van der Waals surface area contributed by atoms with E-state index in [4.69, 9.17) is 5.84 Å². The number of nitrogen functional groups attached to an aromatic ring is 1. The van der Waals surface area contributed by atoms with Crippen LogP contribution in [0.4, 0.5) is 22.9 Å². The summed E-state index contributed by atoms with van der Waals surface area (Å²) in [6, 6.07) is 11.9. The van der Waals surface area contributed by atoms with Gasteiger partial charge in [0.25, 0.3) is 0 Å². The van der Waals surface area contributed by atoms with E-state index in [1.807, 2.05) is 44.4 Å². The Kier molecular flexibility index (Phi) is 3.64. The summed E-state index contributed by atoms with van der Waals surface area (Å²) < 4.78 is 0. The van der Waals surface area contributed by atoms with E-state index in [9.17, 15) is 0 Å². The van der Waals surface area contributed by atoms with Gasteiger partial charge in [-0.2, -0.15) is 0 Å². The van der Waals surface area contributed by atoms with Crippen LogP contribution in [0, 0.1) is 0 Å². The summed E-state index contributed by atoms with van der Waals surface area (Å²) in [4.78, 5) is 6.13. The highest BCUT2D eigenvalue weighted by Crippen LogP contribution is 2.27. The van der Waals surface area contributed by atoms with Gasteiger partial charge in [-0.15, -0.1) is 0 Å². The fraction of sp³-hybridized carbons (Fsp3) is 0.154. The number of rotatable bonds is 4. The van der Waals surface area contributed by atoms with E-state index in [1.165, 1.54) is 0 Å². The van der Waals surface area contributed by atoms with E-state index in [0.717, 1.165) is 17.1 Å². The molecule has 5 nitrogen and oxygen atoms in total. The first-order valence-corrected chi connectivity index (χ1v) is 5.67. The van der Waals surface area contributed by atoms with Crippen molar-refractivity contribution < 1.29 is 0 Å². The molecule has 0 spiro atoms. The lowest BCUT2D eigenvalue weighted by atomic mass is 10.2. The van der Waals surface area contributed by atoms with Crippen LogP contribution < -0.4 is 21.5 Å². The van der Waals surface area contributed by atoms with E-state index >= 15 is 0 Å². The molecular formula is C13H17N5. The number of aromatic nitrogens is 1. The third-order valence-electron chi connectivity index (χ3n) is 2.57. The molecule has 0 saturated heterocycles. The molecule has 94 valence electrons. The zero-order valence-corrected chi connectivity index (χ0v) is 10.5. The fourth-order valence-corrected chi connectivity index (χ4v) is 1.71. The van der Waals surface area contributed by atoms with Gasteiger partial charge in [0.05, 0.1) is 11.4 Å². The standard InChI is InChI=1S/C13H17N5/c1-18(2)12-6-4-3-5-11(12)16-10-7-8-15-13(9-10)17-14/h3-9H,14H2,1-2H3,(H2,15,16,17). The molecule has 5 heteroatoms. The molecule has 2 rings (SSSR count). The maximum Gasteiger partial charge on any atom is 0.141 e. The van der Waals surface area contributed by atoms with Crippen molar-refractivity contribution in [1.29, 1.82) is 0 Å². The number of anilines is 4. The van der Waals surface area contributed by atoms with Crippen molar-refractivity contribution in [1.82, 2.24) is 4.98 Å². The summed E-state index contributed by atoms with van der Waals surface area (Å²) in [5.41, 5.74) is 5.63. The first-order valence-electron chi connectivity index (χ1n) is 5.67. The second-order valence-corrected chi connectivity index (χ2v) is 4.11. The Bertz CT molecular complexity index is 524. The molecule has 2 aromatic rings. The van der Waals surface area contributed by atoms with Crippen LogP contribution in [0.1, 0.15) is 0 Å². The summed E-state index contributed by atoms with van der Waals surface area (Å²) in [6.07, 6.45) is 1.70. The Morgan fingerprint density at radius 3 is 2.67 bits per heavy atom. The molecule has 1 heterocycles. The van der Waals surface area contributed by atoms with Crippen LogP contribution in [0.15, 0.2) is 42.6 Å². The normalized spacial score (nSPS) is 9.94. The molecular weight excluding hydrogens is 226 g/mol. The third-order valence-corrected chi connectivity index (χ3v) is 2.57. The predicted molar refractivity (Wildman–Crippen MR) is 76.1 cm³/mol. The fourth-order valence-electron chi connectivity index (χ4n) is 1.71. The van der Waals surface area contributed by atoms with Gasteiger partial charge in [-0.05, 0) is 18.2 Å². The van der Waals surface area contributed by atoms with Gasteiger partial charge in [-0.1, -0.05) is 12.1 Å². The monoisotopic (exact) mass is 243 g/mol. The molecule has 0 aliphatic heterocycles. The van der Waals surface area contributed by atoms with Crippen molar-refractivity contribution in [2.24, 2.45) is 5.84 Å². The molecule has 0 bridgehead atoms. The van der Waals surface area contributed by atoms with Crippen molar-refractivity contribution in [3.63, 3.8) is 0 Å². The van der Waals surface area contributed by atoms with Gasteiger partial charge in [-0.25, -0.2) is 10.8 Å². The van der Waals surface area contributed by atoms with Gasteiger partial charge in [0, 0.05) is 32.0 Å². The molecule has 0 unspecified atom stereocenters. The molecule has 0 radical (unpaired) electrons. The van der Waals surface area contributed by atoms with Gasteiger partial charge in [-0.3, -0.25) is 0 Å². The predicted octanol–water partition coefficient (Wildman–Crippen LogP) is 2.18. The molecule has 0 aliphatic rings. The van der Waals surface area contributed by atoms with Crippen LogP contribution >= 0.6 is 0 Å². The Morgan fingerprint density at radius 1 is 1.17 bits per heavy atom.